The molecule has 0 amide bonds. The van der Waals surface area contributed by atoms with E-state index in [1.165, 1.54) is 6.08 Å². The average Bonchev–Trinajstić information content (AvgIpc) is 3.97. The Morgan fingerprint density at radius 3 is 2.31 bits per heavy atom. The van der Waals surface area contributed by atoms with Crippen molar-refractivity contribution in [2.24, 2.45) is 17.8 Å². The highest BCUT2D eigenvalue weighted by Crippen LogP contribution is 2.44. The molecular formula is C42H66O12. The van der Waals surface area contributed by atoms with Gasteiger partial charge < -0.3 is 52.8 Å². The molecule has 2 N–H and O–H groups in total. The topological polar surface area (TPSA) is 144 Å². The Balaban J connectivity index is 1.67. The molecule has 0 aromatic carbocycles. The SMILES string of the molecule is CO/C1=C\[C@@H](OC)[C@H](C)[C@@H]([C@@H](C)[C@@H](O)[C@@H](C)/C=C/[C@H]2C[C@H](OC)C[C@H](C)O2)OC(=O)/C=C/C(C)=C/[C@@H](O)[C@H](OC)C[C@@H]2C=CC[C@@H](C[C@H](OC)[C@@]13CO3)O2. The Labute approximate surface area is 322 Å². The molecule has 4 rings (SSSR count). The van der Waals surface area contributed by atoms with Crippen molar-refractivity contribution in [3.05, 3.63) is 59.9 Å². The van der Waals surface area contributed by atoms with Crippen molar-refractivity contribution in [1.29, 1.82) is 0 Å². The Morgan fingerprint density at radius 2 is 1.69 bits per heavy atom. The van der Waals surface area contributed by atoms with Gasteiger partial charge in [-0.1, -0.05) is 62.8 Å². The maximum absolute atomic E-state index is 13.5. The first kappa shape index (κ1) is 44.3. The zero-order chi connectivity index (χ0) is 39.6. The molecule has 15 atom stereocenters. The Morgan fingerprint density at radius 1 is 0.944 bits per heavy atom. The lowest BCUT2D eigenvalue weighted by Gasteiger charge is -2.36. The number of hydrogen-bond acceptors (Lipinski definition) is 12. The molecule has 1 spiro atoms. The van der Waals surface area contributed by atoms with Crippen LogP contribution in [0.4, 0.5) is 0 Å². The van der Waals surface area contributed by atoms with Crippen LogP contribution in [-0.2, 0) is 47.4 Å². The molecule has 0 aliphatic carbocycles. The van der Waals surface area contributed by atoms with Crippen molar-refractivity contribution in [3.63, 3.8) is 0 Å². The number of carbonyl (C=O) groups excluding carboxylic acids is 1. The number of carbonyl (C=O) groups is 1. The number of epoxide rings is 1. The number of hydrogen-bond donors (Lipinski definition) is 2. The summed E-state index contributed by atoms with van der Waals surface area (Å²) in [5.74, 6) is -1.31. The first-order valence-electron chi connectivity index (χ1n) is 19.4. The lowest BCUT2D eigenvalue weighted by molar-refractivity contribution is -0.155. The van der Waals surface area contributed by atoms with E-state index < -0.39 is 60.0 Å². The highest BCUT2D eigenvalue weighted by atomic mass is 16.6. The van der Waals surface area contributed by atoms with Crippen LogP contribution in [0.2, 0.25) is 0 Å². The number of aliphatic hydroxyl groups is 2. The molecule has 4 heterocycles. The molecule has 54 heavy (non-hydrogen) atoms. The molecule has 0 radical (unpaired) electrons. The molecule has 2 fully saturated rings. The van der Waals surface area contributed by atoms with Gasteiger partial charge in [-0.15, -0.1) is 0 Å². The van der Waals surface area contributed by atoms with E-state index in [1.54, 1.807) is 54.6 Å². The van der Waals surface area contributed by atoms with Crippen LogP contribution in [0.15, 0.2) is 59.9 Å². The Kier molecular flexibility index (Phi) is 17.0. The fourth-order valence-corrected chi connectivity index (χ4v) is 8.09. The molecule has 4 aliphatic heterocycles. The third-order valence-electron chi connectivity index (χ3n) is 11.5. The molecule has 0 saturated carbocycles. The third-order valence-corrected chi connectivity index (χ3v) is 11.5. The fourth-order valence-electron chi connectivity index (χ4n) is 8.09. The summed E-state index contributed by atoms with van der Waals surface area (Å²) in [6.07, 6.45) is 13.1. The highest BCUT2D eigenvalue weighted by molar-refractivity contribution is 5.82. The third kappa shape index (κ3) is 11.6. The molecule has 2 bridgehead atoms. The zero-order valence-electron chi connectivity index (χ0n) is 33.9. The molecule has 12 heteroatoms. The van der Waals surface area contributed by atoms with Crippen molar-refractivity contribution in [3.8, 4) is 0 Å². The highest BCUT2D eigenvalue weighted by Gasteiger charge is 2.57. The number of aliphatic hydroxyl groups excluding tert-OH is 2. The van der Waals surface area contributed by atoms with Crippen LogP contribution in [0.3, 0.4) is 0 Å². The smallest absolute Gasteiger partial charge is 0.331 e. The van der Waals surface area contributed by atoms with Crippen LogP contribution in [0.1, 0.15) is 66.7 Å². The number of fused-ring (bicyclic) bond motifs is 2. The van der Waals surface area contributed by atoms with Crippen LogP contribution in [0.5, 0.6) is 0 Å². The summed E-state index contributed by atoms with van der Waals surface area (Å²) >= 11 is 0. The molecular weight excluding hydrogens is 696 g/mol. The first-order valence-corrected chi connectivity index (χ1v) is 19.4. The van der Waals surface area contributed by atoms with Crippen LogP contribution < -0.4 is 0 Å². The summed E-state index contributed by atoms with van der Waals surface area (Å²) in [5, 5.41) is 22.9. The van der Waals surface area contributed by atoms with E-state index in [4.69, 9.17) is 42.6 Å². The van der Waals surface area contributed by atoms with Crippen LogP contribution in [-0.4, -0.2) is 131 Å². The van der Waals surface area contributed by atoms with Crippen molar-refractivity contribution in [2.75, 3.05) is 42.2 Å². The maximum atomic E-state index is 13.5. The monoisotopic (exact) mass is 762 g/mol. The van der Waals surface area contributed by atoms with Crippen LogP contribution in [0.25, 0.3) is 0 Å². The zero-order valence-corrected chi connectivity index (χ0v) is 33.9. The van der Waals surface area contributed by atoms with Gasteiger partial charge in [0.25, 0.3) is 0 Å². The minimum Gasteiger partial charge on any atom is -0.498 e. The second kappa shape index (κ2) is 20.7. The molecule has 306 valence electrons. The fraction of sp³-hybridized carbons (Fsp3) is 0.738. The van der Waals surface area contributed by atoms with E-state index in [9.17, 15) is 15.0 Å². The average molecular weight is 763 g/mol. The molecule has 0 aromatic rings. The van der Waals surface area contributed by atoms with E-state index in [1.807, 2.05) is 52.0 Å². The summed E-state index contributed by atoms with van der Waals surface area (Å²) < 4.78 is 54.3. The summed E-state index contributed by atoms with van der Waals surface area (Å²) in [5.41, 5.74) is -0.214. The second-order valence-corrected chi connectivity index (χ2v) is 15.4. The van der Waals surface area contributed by atoms with Gasteiger partial charge in [-0.3, -0.25) is 0 Å². The van der Waals surface area contributed by atoms with Crippen LogP contribution >= 0.6 is 0 Å². The summed E-state index contributed by atoms with van der Waals surface area (Å²) in [4.78, 5) is 13.5. The van der Waals surface area contributed by atoms with Gasteiger partial charge in [-0.05, 0) is 32.8 Å². The van der Waals surface area contributed by atoms with E-state index in [2.05, 4.69) is 6.08 Å². The van der Waals surface area contributed by atoms with Gasteiger partial charge in [0, 0.05) is 71.5 Å². The van der Waals surface area contributed by atoms with Gasteiger partial charge >= 0.3 is 5.97 Å². The molecule has 2 saturated heterocycles. The Hall–Kier alpha value is -2.39. The molecule has 12 nitrogen and oxygen atoms in total. The number of methoxy groups -OCH3 is 5. The molecule has 4 aliphatic rings. The predicted octanol–water partition coefficient (Wildman–Crippen LogP) is 5.02. The first-order chi connectivity index (χ1) is 25.8. The summed E-state index contributed by atoms with van der Waals surface area (Å²) in [6.45, 7) is 9.96. The van der Waals surface area contributed by atoms with Gasteiger partial charge in [0.15, 0.2) is 5.60 Å². The number of ether oxygens (including phenoxy) is 9. The van der Waals surface area contributed by atoms with E-state index in [0.717, 1.165) is 12.8 Å². The van der Waals surface area contributed by atoms with Crippen LogP contribution in [0, 0.1) is 17.8 Å². The van der Waals surface area contributed by atoms with Gasteiger partial charge in [0.1, 0.15) is 11.9 Å². The largest absolute Gasteiger partial charge is 0.498 e. The normalized spacial score (nSPS) is 41.5. The number of allylic oxidation sites excluding steroid dienone is 2. The maximum Gasteiger partial charge on any atom is 0.331 e. The Bertz CT molecular complexity index is 1340. The van der Waals surface area contributed by atoms with Crippen molar-refractivity contribution >= 4 is 5.97 Å². The van der Waals surface area contributed by atoms with E-state index in [0.29, 0.717) is 37.2 Å². The molecule has 0 aromatic heterocycles. The van der Waals surface area contributed by atoms with E-state index in [-0.39, 0.29) is 36.4 Å². The standard InChI is InChI=1S/C42H66O12/c1-25-14-17-39(44)54-41(29(5)40(45)26(2)15-16-32-20-33(46-6)19-27(3)52-32)28(4)35(47-7)23-38(50-10)42(24-51-42)37(49-9)22-31-13-11-12-30(53-31)21-36(48-8)34(43)18-25/h11-12,14-18,23,26-37,40-41,43,45H,13,19-22,24H2,1-10H3/b16-15+,17-14+,25-18+,38-23-/t26-,27-,28-,29-,30-,31-,32-,33+,34+,35+,36+,37-,40-,41-,42-/m0/s1. The lowest BCUT2D eigenvalue weighted by Crippen LogP contribution is -2.44. The summed E-state index contributed by atoms with van der Waals surface area (Å²) in [6, 6.07) is 0. The van der Waals surface area contributed by atoms with Gasteiger partial charge in [-0.2, -0.15) is 0 Å². The number of cyclic esters (lactones) is 1. The predicted molar refractivity (Wildman–Crippen MR) is 204 cm³/mol. The summed E-state index contributed by atoms with van der Waals surface area (Å²) in [7, 11) is 8.11. The van der Waals surface area contributed by atoms with Gasteiger partial charge in [0.05, 0.1) is 74.8 Å². The van der Waals surface area contributed by atoms with Crippen molar-refractivity contribution in [2.45, 2.75) is 139 Å². The van der Waals surface area contributed by atoms with Gasteiger partial charge in [0.2, 0.25) is 0 Å². The molecule has 0 unspecified atom stereocenters. The quantitative estimate of drug-likeness (QED) is 0.175. The number of rotatable bonds is 10. The van der Waals surface area contributed by atoms with E-state index >= 15 is 0 Å². The van der Waals surface area contributed by atoms with Gasteiger partial charge in [-0.25, -0.2) is 4.79 Å². The van der Waals surface area contributed by atoms with Crippen molar-refractivity contribution in [1.82, 2.24) is 0 Å². The minimum atomic E-state index is -0.953. The second-order valence-electron chi connectivity index (χ2n) is 15.4. The lowest BCUT2D eigenvalue weighted by atomic mass is 9.81. The minimum absolute atomic E-state index is 0.0654. The number of esters is 1. The van der Waals surface area contributed by atoms with Crippen molar-refractivity contribution < 1.29 is 57.6 Å².